The highest BCUT2D eigenvalue weighted by Gasteiger charge is 2.45. The van der Waals surface area contributed by atoms with Crippen molar-refractivity contribution in [1.29, 1.82) is 0 Å². The van der Waals surface area contributed by atoms with Gasteiger partial charge in [-0.05, 0) is 0 Å². The fourth-order valence-electron chi connectivity index (χ4n) is 1.87. The van der Waals surface area contributed by atoms with Gasteiger partial charge in [0.25, 0.3) is 7.82 Å². The van der Waals surface area contributed by atoms with E-state index < -0.39 is 7.82 Å². The van der Waals surface area contributed by atoms with E-state index in [1.54, 1.807) is 0 Å². The van der Waals surface area contributed by atoms with Crippen LogP contribution in [0.2, 0.25) is 0 Å². The Morgan fingerprint density at radius 3 is 2.85 bits per heavy atom. The lowest BCUT2D eigenvalue weighted by Crippen LogP contribution is -2.58. The molecule has 3 unspecified atom stereocenters. The Bertz CT molecular complexity index is 267. The molecule has 2 saturated heterocycles. The number of fused-ring (bicyclic) bond motifs is 2. The molecule has 13 heavy (non-hydrogen) atoms. The van der Waals surface area contributed by atoms with Gasteiger partial charge in [0.1, 0.15) is 0 Å². The fraction of sp³-hybridized carbons (Fsp3) is 1.00. The average molecular weight is 207 g/mol. The van der Waals surface area contributed by atoms with Crippen molar-refractivity contribution < 1.29 is 23.0 Å². The molecule has 2 fully saturated rings. The maximum atomic E-state index is 11.1. The molecule has 2 bridgehead atoms. The van der Waals surface area contributed by atoms with Crippen LogP contribution in [0.1, 0.15) is 12.8 Å². The molecule has 5 nitrogen and oxygen atoms in total. The van der Waals surface area contributed by atoms with Crippen LogP contribution in [0.4, 0.5) is 0 Å². The van der Waals surface area contributed by atoms with Gasteiger partial charge in [0.2, 0.25) is 6.23 Å². The highest BCUT2D eigenvalue weighted by molar-refractivity contribution is 7.45. The predicted octanol–water partition coefficient (Wildman–Crippen LogP) is 0.0665. The largest absolute Gasteiger partial charge is 0.756 e. The van der Waals surface area contributed by atoms with Crippen LogP contribution in [0.5, 0.6) is 0 Å². The molecule has 0 aliphatic carbocycles. The summed E-state index contributed by atoms with van der Waals surface area (Å²) in [5.74, 6) is 0. The minimum absolute atomic E-state index is 0.159. The average Bonchev–Trinajstić information content (AvgIpc) is 1.96. The first kappa shape index (κ1) is 9.62. The first-order chi connectivity index (χ1) is 5.89. The summed E-state index contributed by atoms with van der Waals surface area (Å²) in [6, 6.07) is 0. The number of phosphoric ester groups is 1. The highest BCUT2D eigenvalue weighted by Crippen LogP contribution is 2.50. The van der Waals surface area contributed by atoms with E-state index in [1.807, 2.05) is 14.1 Å². The molecule has 2 aliphatic rings. The number of likely N-dealkylation sites (tertiary alicyclic amines) is 1. The third-order valence-corrected chi connectivity index (χ3v) is 3.86. The lowest BCUT2D eigenvalue weighted by Gasteiger charge is -2.49. The van der Waals surface area contributed by atoms with E-state index in [0.717, 1.165) is 13.0 Å². The quantitative estimate of drug-likeness (QED) is 0.416. The number of rotatable bonds is 0. The van der Waals surface area contributed by atoms with Crippen molar-refractivity contribution in [3.8, 4) is 0 Å². The summed E-state index contributed by atoms with van der Waals surface area (Å²) >= 11 is 0. The SMILES string of the molecule is C[N+]1(C)CCC2CC1OP(=O)([O-])O2. The molecular formula is C7H14NO4P. The number of hydrogen-bond donors (Lipinski definition) is 0. The first-order valence-electron chi connectivity index (χ1n) is 4.40. The molecule has 0 radical (unpaired) electrons. The second-order valence-corrected chi connectivity index (χ2v) is 5.58. The van der Waals surface area contributed by atoms with Crippen molar-refractivity contribution >= 4 is 7.82 Å². The van der Waals surface area contributed by atoms with Crippen molar-refractivity contribution in [3.63, 3.8) is 0 Å². The molecule has 2 rings (SSSR count). The van der Waals surface area contributed by atoms with Gasteiger partial charge < -0.3 is 13.9 Å². The van der Waals surface area contributed by atoms with Crippen LogP contribution < -0.4 is 4.89 Å². The lowest BCUT2D eigenvalue weighted by molar-refractivity contribution is -0.941. The van der Waals surface area contributed by atoms with Gasteiger partial charge in [-0.15, -0.1) is 0 Å². The van der Waals surface area contributed by atoms with Gasteiger partial charge in [-0.25, -0.2) is 0 Å². The van der Waals surface area contributed by atoms with Crippen LogP contribution in [0.15, 0.2) is 0 Å². The number of piperidine rings is 1. The zero-order chi connectivity index (χ0) is 9.69. The number of hydrogen-bond acceptors (Lipinski definition) is 4. The standard InChI is InChI=1S/C7H14NO4P/c1-8(2)4-3-6-5-7(8)12-13(9,10)11-6/h6-7H,3-5H2,1-2H3. The Morgan fingerprint density at radius 1 is 1.46 bits per heavy atom. The summed E-state index contributed by atoms with van der Waals surface area (Å²) in [7, 11) is -0.0530. The van der Waals surface area contributed by atoms with Gasteiger partial charge in [0.15, 0.2) is 0 Å². The Balaban J connectivity index is 2.21. The Kier molecular flexibility index (Phi) is 2.06. The molecule has 0 N–H and O–H groups in total. The van der Waals surface area contributed by atoms with Crippen LogP contribution in [-0.2, 0) is 13.6 Å². The third-order valence-electron chi connectivity index (χ3n) is 2.80. The van der Waals surface area contributed by atoms with Crippen molar-refractivity contribution in [2.75, 3.05) is 20.6 Å². The molecule has 0 saturated carbocycles. The van der Waals surface area contributed by atoms with Gasteiger partial charge in [-0.1, -0.05) is 0 Å². The van der Waals surface area contributed by atoms with Crippen LogP contribution in [-0.4, -0.2) is 37.5 Å². The van der Waals surface area contributed by atoms with E-state index in [2.05, 4.69) is 0 Å². The van der Waals surface area contributed by atoms with Gasteiger partial charge in [-0.3, -0.25) is 9.09 Å². The Morgan fingerprint density at radius 2 is 2.15 bits per heavy atom. The molecule has 76 valence electrons. The van der Waals surface area contributed by atoms with Gasteiger partial charge in [-0.2, -0.15) is 0 Å². The van der Waals surface area contributed by atoms with E-state index in [0.29, 0.717) is 10.9 Å². The van der Waals surface area contributed by atoms with E-state index in [1.165, 1.54) is 0 Å². The minimum Gasteiger partial charge on any atom is -0.756 e. The molecule has 0 amide bonds. The second-order valence-electron chi connectivity index (χ2n) is 4.26. The van der Waals surface area contributed by atoms with E-state index in [-0.39, 0.29) is 12.3 Å². The third kappa shape index (κ3) is 1.80. The molecule has 2 heterocycles. The van der Waals surface area contributed by atoms with E-state index >= 15 is 0 Å². The molecule has 0 spiro atoms. The highest BCUT2D eigenvalue weighted by atomic mass is 31.2. The summed E-state index contributed by atoms with van der Waals surface area (Å²) in [6.45, 7) is 0.898. The maximum absolute atomic E-state index is 11.1. The Hall–Kier alpha value is 0.0700. The first-order valence-corrected chi connectivity index (χ1v) is 5.86. The molecule has 3 atom stereocenters. The van der Waals surface area contributed by atoms with Crippen LogP contribution >= 0.6 is 7.82 Å². The van der Waals surface area contributed by atoms with Crippen molar-refractivity contribution in [3.05, 3.63) is 0 Å². The second kappa shape index (κ2) is 2.78. The van der Waals surface area contributed by atoms with E-state index in [4.69, 9.17) is 9.05 Å². The lowest BCUT2D eigenvalue weighted by atomic mass is 10.1. The summed E-state index contributed by atoms with van der Waals surface area (Å²) in [6.07, 6.45) is 1.06. The maximum Gasteiger partial charge on any atom is 0.272 e. The van der Waals surface area contributed by atoms with Gasteiger partial charge in [0, 0.05) is 6.42 Å². The van der Waals surface area contributed by atoms with Crippen LogP contribution in [0.25, 0.3) is 0 Å². The summed E-state index contributed by atoms with van der Waals surface area (Å²) in [5, 5.41) is 0. The molecule has 2 aliphatic heterocycles. The monoisotopic (exact) mass is 207 g/mol. The summed E-state index contributed by atoms with van der Waals surface area (Å²) in [4.78, 5) is 11.1. The molecule has 0 aromatic carbocycles. The van der Waals surface area contributed by atoms with E-state index in [9.17, 15) is 9.46 Å². The fourth-order valence-corrected chi connectivity index (χ4v) is 3.12. The molecular weight excluding hydrogens is 193 g/mol. The van der Waals surface area contributed by atoms with Crippen LogP contribution in [0, 0.1) is 0 Å². The Labute approximate surface area is 77.5 Å². The smallest absolute Gasteiger partial charge is 0.272 e. The number of phosphoric acid groups is 1. The van der Waals surface area contributed by atoms with Crippen molar-refractivity contribution in [2.24, 2.45) is 0 Å². The zero-order valence-corrected chi connectivity index (χ0v) is 8.70. The van der Waals surface area contributed by atoms with Gasteiger partial charge in [0.05, 0.1) is 33.2 Å². The number of nitrogens with zero attached hydrogens (tertiary/aromatic N) is 1. The van der Waals surface area contributed by atoms with Gasteiger partial charge >= 0.3 is 0 Å². The zero-order valence-electron chi connectivity index (χ0n) is 7.80. The normalized spacial score (nSPS) is 48.8. The van der Waals surface area contributed by atoms with Crippen molar-refractivity contribution in [2.45, 2.75) is 25.2 Å². The minimum atomic E-state index is -4.01. The molecule has 0 aromatic rings. The van der Waals surface area contributed by atoms with Crippen molar-refractivity contribution in [1.82, 2.24) is 0 Å². The van der Waals surface area contributed by atoms with Crippen LogP contribution in [0.3, 0.4) is 0 Å². The molecule has 6 heteroatoms. The summed E-state index contributed by atoms with van der Waals surface area (Å²) < 4.78 is 21.4. The predicted molar refractivity (Wildman–Crippen MR) is 43.6 cm³/mol. The number of quaternary nitrogens is 1. The molecule has 0 aromatic heterocycles. The topological polar surface area (TPSA) is 58.6 Å². The summed E-state index contributed by atoms with van der Waals surface area (Å²) in [5.41, 5.74) is 0.